The van der Waals surface area contributed by atoms with E-state index in [1.165, 1.54) is 11.3 Å². The van der Waals surface area contributed by atoms with Crippen molar-refractivity contribution in [2.24, 2.45) is 0 Å². The highest BCUT2D eigenvalue weighted by molar-refractivity contribution is 7.16. The average molecular weight is 458 g/mol. The van der Waals surface area contributed by atoms with Crippen LogP contribution in [0.15, 0.2) is 24.3 Å². The van der Waals surface area contributed by atoms with Crippen LogP contribution in [0.5, 0.6) is 5.75 Å². The first-order valence-electron chi connectivity index (χ1n) is 10.2. The third kappa shape index (κ3) is 3.50. The Morgan fingerprint density at radius 3 is 2.78 bits per heavy atom. The van der Waals surface area contributed by atoms with E-state index in [1.807, 2.05) is 6.92 Å². The van der Waals surface area contributed by atoms with Gasteiger partial charge in [0.05, 0.1) is 18.8 Å². The lowest BCUT2D eigenvalue weighted by Crippen LogP contribution is -2.48. The van der Waals surface area contributed by atoms with E-state index in [2.05, 4.69) is 10.6 Å². The van der Waals surface area contributed by atoms with E-state index in [9.17, 15) is 19.2 Å². The number of thiophene rings is 1. The second kappa shape index (κ2) is 8.27. The topological polar surface area (TPSA) is 114 Å². The standard InChI is InChI=1S/C22H23N3O6S/c1-4-30-19(27)17-12(2)13(3)32-18(17)23-16(26)11-25-20(28)22(24-21(25)29)9-10-31-15-8-6-5-7-14(15)22/h5-8H,4,9-11H2,1-3H3,(H,23,26)(H,24,29)/t22-/m1/s1. The van der Waals surface area contributed by atoms with Gasteiger partial charge in [0.25, 0.3) is 5.91 Å². The van der Waals surface area contributed by atoms with Gasteiger partial charge in [0.1, 0.15) is 17.3 Å². The molecule has 1 saturated heterocycles. The van der Waals surface area contributed by atoms with Crippen LogP contribution in [-0.2, 0) is 19.9 Å². The summed E-state index contributed by atoms with van der Waals surface area (Å²) in [5, 5.41) is 5.77. The Bertz CT molecular complexity index is 1130. The van der Waals surface area contributed by atoms with Crippen LogP contribution in [-0.4, -0.2) is 48.5 Å². The van der Waals surface area contributed by atoms with Crippen LogP contribution in [0.3, 0.4) is 0 Å². The number of nitrogens with zero attached hydrogens (tertiary/aromatic N) is 1. The molecule has 9 nitrogen and oxygen atoms in total. The van der Waals surface area contributed by atoms with E-state index in [4.69, 9.17) is 9.47 Å². The van der Waals surface area contributed by atoms with Gasteiger partial charge in [-0.2, -0.15) is 0 Å². The van der Waals surface area contributed by atoms with Gasteiger partial charge in [0.2, 0.25) is 5.91 Å². The zero-order valence-electron chi connectivity index (χ0n) is 17.9. The van der Waals surface area contributed by atoms with Crippen molar-refractivity contribution in [3.8, 4) is 5.75 Å². The van der Waals surface area contributed by atoms with Crippen molar-refractivity contribution in [1.82, 2.24) is 10.2 Å². The van der Waals surface area contributed by atoms with Crippen molar-refractivity contribution in [2.45, 2.75) is 32.7 Å². The molecule has 2 aliphatic heterocycles. The third-order valence-corrected chi connectivity index (χ3v) is 6.80. The van der Waals surface area contributed by atoms with E-state index >= 15 is 0 Å². The molecule has 3 heterocycles. The molecule has 4 rings (SSSR count). The number of urea groups is 1. The van der Waals surface area contributed by atoms with Crippen LogP contribution >= 0.6 is 11.3 Å². The largest absolute Gasteiger partial charge is 0.493 e. The fourth-order valence-corrected chi connectivity index (χ4v) is 5.05. The molecule has 0 unspecified atom stereocenters. The molecule has 1 spiro atoms. The number of hydrogen-bond acceptors (Lipinski definition) is 7. The minimum absolute atomic E-state index is 0.205. The zero-order chi connectivity index (χ0) is 23.0. The molecule has 0 aliphatic carbocycles. The first-order chi connectivity index (χ1) is 15.3. The van der Waals surface area contributed by atoms with Gasteiger partial charge >= 0.3 is 12.0 Å². The first-order valence-corrected chi connectivity index (χ1v) is 11.0. The van der Waals surface area contributed by atoms with Gasteiger partial charge in [-0.1, -0.05) is 18.2 Å². The Hall–Kier alpha value is -3.40. The number of rotatable bonds is 5. The maximum Gasteiger partial charge on any atom is 0.341 e. The smallest absolute Gasteiger partial charge is 0.341 e. The Balaban J connectivity index is 1.55. The number of carbonyl (C=O) groups is 4. The summed E-state index contributed by atoms with van der Waals surface area (Å²) in [7, 11) is 0. The summed E-state index contributed by atoms with van der Waals surface area (Å²) in [5.41, 5.74) is 0.325. The Labute approximate surface area is 188 Å². The van der Waals surface area contributed by atoms with Crippen molar-refractivity contribution in [3.05, 3.63) is 45.8 Å². The Morgan fingerprint density at radius 1 is 1.28 bits per heavy atom. The fraction of sp³-hybridized carbons (Fsp3) is 0.364. The molecule has 10 heteroatoms. The average Bonchev–Trinajstić information content (AvgIpc) is 3.16. The maximum absolute atomic E-state index is 13.3. The van der Waals surface area contributed by atoms with Crippen LogP contribution in [0.2, 0.25) is 0 Å². The summed E-state index contributed by atoms with van der Waals surface area (Å²) in [5.74, 6) is -1.09. The molecule has 2 aliphatic rings. The molecule has 0 saturated carbocycles. The summed E-state index contributed by atoms with van der Waals surface area (Å²) < 4.78 is 10.7. The van der Waals surface area contributed by atoms with Crippen LogP contribution < -0.4 is 15.4 Å². The minimum Gasteiger partial charge on any atom is -0.493 e. The van der Waals surface area contributed by atoms with E-state index in [0.29, 0.717) is 16.3 Å². The van der Waals surface area contributed by atoms with Crippen LogP contribution in [0.1, 0.15) is 39.7 Å². The summed E-state index contributed by atoms with van der Waals surface area (Å²) in [6, 6.07) is 6.38. The molecule has 1 fully saturated rings. The van der Waals surface area contributed by atoms with Crippen molar-refractivity contribution in [1.29, 1.82) is 0 Å². The number of benzene rings is 1. The number of fused-ring (bicyclic) bond motifs is 2. The SMILES string of the molecule is CCOC(=O)c1c(NC(=O)CN2C(=O)N[C@@]3(CCOc4ccccc43)C2=O)sc(C)c1C. The number of aryl methyl sites for hydroxylation is 1. The number of para-hydroxylation sites is 1. The molecule has 168 valence electrons. The molecule has 4 amide bonds. The quantitative estimate of drug-likeness (QED) is 0.527. The highest BCUT2D eigenvalue weighted by atomic mass is 32.1. The fourth-order valence-electron chi connectivity index (χ4n) is 3.99. The molecule has 2 N–H and O–H groups in total. The number of anilines is 1. The van der Waals surface area contributed by atoms with Crippen LogP contribution in [0, 0.1) is 13.8 Å². The molecule has 0 bridgehead atoms. The van der Waals surface area contributed by atoms with Crippen molar-refractivity contribution in [2.75, 3.05) is 25.1 Å². The molecule has 2 aromatic rings. The van der Waals surface area contributed by atoms with Crippen molar-refractivity contribution in [3.63, 3.8) is 0 Å². The molecule has 1 aromatic carbocycles. The number of ether oxygens (including phenoxy) is 2. The number of nitrogens with one attached hydrogen (secondary N) is 2. The van der Waals surface area contributed by atoms with E-state index in [1.54, 1.807) is 38.1 Å². The van der Waals surface area contributed by atoms with Crippen molar-refractivity contribution < 1.29 is 28.7 Å². The van der Waals surface area contributed by atoms with Gasteiger partial charge in [-0.15, -0.1) is 11.3 Å². The van der Waals surface area contributed by atoms with Crippen LogP contribution in [0.4, 0.5) is 9.80 Å². The van der Waals surface area contributed by atoms with Gasteiger partial charge in [-0.3, -0.25) is 14.5 Å². The molecular formula is C22H23N3O6S. The normalized spacial score (nSPS) is 19.4. The predicted octanol–water partition coefficient (Wildman–Crippen LogP) is 2.71. The summed E-state index contributed by atoms with van der Waals surface area (Å²) in [6.45, 7) is 5.30. The molecule has 32 heavy (non-hydrogen) atoms. The number of amides is 4. The number of imide groups is 1. The van der Waals surface area contributed by atoms with E-state index in [0.717, 1.165) is 15.3 Å². The second-order valence-corrected chi connectivity index (χ2v) is 8.80. The molecule has 1 atom stereocenters. The Morgan fingerprint density at radius 2 is 2.03 bits per heavy atom. The lowest BCUT2D eigenvalue weighted by molar-refractivity contribution is -0.135. The van der Waals surface area contributed by atoms with E-state index in [-0.39, 0.29) is 25.2 Å². The zero-order valence-corrected chi connectivity index (χ0v) is 18.8. The highest BCUT2D eigenvalue weighted by Gasteiger charge is 2.55. The van der Waals surface area contributed by atoms with Gasteiger partial charge in [0.15, 0.2) is 5.54 Å². The number of hydrogen-bond donors (Lipinski definition) is 2. The molecule has 1 aromatic heterocycles. The van der Waals surface area contributed by atoms with E-state index < -0.39 is 35.9 Å². The van der Waals surface area contributed by atoms with Gasteiger partial charge in [-0.25, -0.2) is 9.59 Å². The Kier molecular flexibility index (Phi) is 5.64. The monoisotopic (exact) mass is 457 g/mol. The van der Waals surface area contributed by atoms with Gasteiger partial charge in [-0.05, 0) is 32.4 Å². The predicted molar refractivity (Wildman–Crippen MR) is 117 cm³/mol. The van der Waals surface area contributed by atoms with Gasteiger partial charge < -0.3 is 20.1 Å². The second-order valence-electron chi connectivity index (χ2n) is 7.58. The number of carbonyl (C=O) groups excluding carboxylic acids is 4. The third-order valence-electron chi connectivity index (χ3n) is 5.68. The first kappa shape index (κ1) is 21.8. The highest BCUT2D eigenvalue weighted by Crippen LogP contribution is 2.41. The van der Waals surface area contributed by atoms with Gasteiger partial charge in [0, 0.05) is 16.9 Å². The summed E-state index contributed by atoms with van der Waals surface area (Å²) in [6.07, 6.45) is 0.267. The molecule has 0 radical (unpaired) electrons. The number of esters is 1. The van der Waals surface area contributed by atoms with Crippen LogP contribution in [0.25, 0.3) is 0 Å². The van der Waals surface area contributed by atoms with Crippen molar-refractivity contribution >= 4 is 40.2 Å². The lowest BCUT2D eigenvalue weighted by atomic mass is 9.84. The molecular weight excluding hydrogens is 434 g/mol. The lowest BCUT2D eigenvalue weighted by Gasteiger charge is -2.33. The summed E-state index contributed by atoms with van der Waals surface area (Å²) >= 11 is 1.24. The maximum atomic E-state index is 13.3. The summed E-state index contributed by atoms with van der Waals surface area (Å²) in [4.78, 5) is 52.8. The minimum atomic E-state index is -1.25.